The molecular formula is C18H13ClF3NO5. The Hall–Kier alpha value is -3.07. The first kappa shape index (κ1) is 21.2. The van der Waals surface area contributed by atoms with Crippen LogP contribution in [0.2, 0.25) is 5.02 Å². The van der Waals surface area contributed by atoms with Gasteiger partial charge in [0.25, 0.3) is 0 Å². The van der Waals surface area contributed by atoms with Crippen LogP contribution in [0.1, 0.15) is 22.3 Å². The summed E-state index contributed by atoms with van der Waals surface area (Å²) < 4.78 is 43.4. The van der Waals surface area contributed by atoms with E-state index in [4.69, 9.17) is 21.4 Å². The average Bonchev–Trinajstić information content (AvgIpc) is 2.62. The molecular weight excluding hydrogens is 403 g/mol. The van der Waals surface area contributed by atoms with Crippen molar-refractivity contribution in [3.05, 3.63) is 64.7 Å². The fourth-order valence-electron chi connectivity index (χ4n) is 2.15. The Morgan fingerprint density at radius 1 is 1.11 bits per heavy atom. The van der Waals surface area contributed by atoms with Crippen LogP contribution in [-0.2, 0) is 20.5 Å². The second kappa shape index (κ2) is 8.75. The van der Waals surface area contributed by atoms with Crippen LogP contribution in [0, 0.1) is 0 Å². The normalized spacial score (nSPS) is 12.1. The fourth-order valence-corrected chi connectivity index (χ4v) is 2.38. The van der Waals surface area contributed by atoms with Gasteiger partial charge in [-0.1, -0.05) is 29.8 Å². The lowest BCUT2D eigenvalue weighted by molar-refractivity contribution is -0.149. The number of ether oxygens (including phenoxy) is 1. The Bertz CT molecular complexity index is 887. The van der Waals surface area contributed by atoms with Crippen LogP contribution in [-0.4, -0.2) is 29.1 Å². The molecule has 28 heavy (non-hydrogen) atoms. The van der Waals surface area contributed by atoms with Gasteiger partial charge in [0.15, 0.2) is 0 Å². The van der Waals surface area contributed by atoms with Crippen molar-refractivity contribution in [2.75, 3.05) is 5.32 Å². The zero-order valence-electron chi connectivity index (χ0n) is 14.0. The molecule has 0 fully saturated rings. The third-order valence-corrected chi connectivity index (χ3v) is 3.79. The highest BCUT2D eigenvalue weighted by molar-refractivity contribution is 6.31. The van der Waals surface area contributed by atoms with Crippen molar-refractivity contribution in [1.29, 1.82) is 0 Å². The number of anilines is 1. The number of hydrogen-bond donors (Lipinski definition) is 2. The van der Waals surface area contributed by atoms with Gasteiger partial charge in [0, 0.05) is 5.69 Å². The number of carboxylic acids is 1. The highest BCUT2D eigenvalue weighted by atomic mass is 35.5. The number of aliphatic carboxylic acids is 1. The molecule has 0 aliphatic rings. The largest absolute Gasteiger partial charge is 0.478 e. The SMILES string of the molecule is O=C(C[C@@H](OC(=O)c1ccccc1)C(=O)O)Nc1ccc(Cl)c(C(F)(F)F)c1. The standard InChI is InChI=1S/C18H13ClF3NO5/c19-13-7-6-11(8-12(13)18(20,21)22)23-15(24)9-14(16(25)26)28-17(27)10-4-2-1-3-5-10/h1-8,14H,9H2,(H,23,24)(H,25,26)/t14-/m1/s1. The third-order valence-electron chi connectivity index (χ3n) is 3.46. The summed E-state index contributed by atoms with van der Waals surface area (Å²) >= 11 is 5.49. The third kappa shape index (κ3) is 5.71. The van der Waals surface area contributed by atoms with E-state index in [-0.39, 0.29) is 11.3 Å². The van der Waals surface area contributed by atoms with E-state index in [1.165, 1.54) is 24.3 Å². The van der Waals surface area contributed by atoms with Crippen molar-refractivity contribution in [2.24, 2.45) is 0 Å². The van der Waals surface area contributed by atoms with Crippen molar-refractivity contribution in [2.45, 2.75) is 18.7 Å². The lowest BCUT2D eigenvalue weighted by atomic mass is 10.1. The molecule has 148 valence electrons. The summed E-state index contributed by atoms with van der Waals surface area (Å²) in [6, 6.07) is 10.2. The van der Waals surface area contributed by atoms with Crippen molar-refractivity contribution in [3.63, 3.8) is 0 Å². The summed E-state index contributed by atoms with van der Waals surface area (Å²) in [5.74, 6) is -3.48. The fraction of sp³-hybridized carbons (Fsp3) is 0.167. The van der Waals surface area contributed by atoms with E-state index in [1.807, 2.05) is 0 Å². The van der Waals surface area contributed by atoms with Crippen molar-refractivity contribution in [3.8, 4) is 0 Å². The minimum absolute atomic E-state index is 0.0849. The number of esters is 1. The van der Waals surface area contributed by atoms with Gasteiger partial charge < -0.3 is 15.2 Å². The number of nitrogens with one attached hydrogen (secondary N) is 1. The van der Waals surface area contributed by atoms with Gasteiger partial charge in [0.05, 0.1) is 22.6 Å². The maximum Gasteiger partial charge on any atom is 0.417 e. The molecule has 0 heterocycles. The molecule has 10 heteroatoms. The van der Waals surface area contributed by atoms with Crippen LogP contribution < -0.4 is 5.32 Å². The van der Waals surface area contributed by atoms with E-state index in [2.05, 4.69) is 5.32 Å². The molecule has 2 aromatic rings. The van der Waals surface area contributed by atoms with Crippen molar-refractivity contribution < 1.29 is 37.4 Å². The number of carbonyl (C=O) groups excluding carboxylic acids is 2. The van der Waals surface area contributed by atoms with Gasteiger partial charge in [-0.2, -0.15) is 13.2 Å². The minimum atomic E-state index is -4.73. The Kier molecular flexibility index (Phi) is 6.63. The highest BCUT2D eigenvalue weighted by Crippen LogP contribution is 2.36. The second-order valence-electron chi connectivity index (χ2n) is 5.54. The molecule has 0 aliphatic heterocycles. The van der Waals surface area contributed by atoms with E-state index in [9.17, 15) is 27.6 Å². The van der Waals surface area contributed by atoms with Crippen LogP contribution in [0.4, 0.5) is 18.9 Å². The van der Waals surface area contributed by atoms with Gasteiger partial charge >= 0.3 is 18.1 Å². The zero-order chi connectivity index (χ0) is 20.9. The lowest BCUT2D eigenvalue weighted by Crippen LogP contribution is -2.31. The molecule has 0 unspecified atom stereocenters. The van der Waals surface area contributed by atoms with Crippen LogP contribution >= 0.6 is 11.6 Å². The quantitative estimate of drug-likeness (QED) is 0.696. The first-order valence-corrected chi connectivity index (χ1v) is 8.11. The number of hydrogen-bond acceptors (Lipinski definition) is 4. The van der Waals surface area contributed by atoms with Crippen LogP contribution in [0.15, 0.2) is 48.5 Å². The molecule has 0 aromatic heterocycles. The Morgan fingerprint density at radius 3 is 2.32 bits per heavy atom. The van der Waals surface area contributed by atoms with E-state index in [0.717, 1.165) is 12.1 Å². The van der Waals surface area contributed by atoms with Crippen LogP contribution in [0.3, 0.4) is 0 Å². The summed E-state index contributed by atoms with van der Waals surface area (Å²) in [4.78, 5) is 35.2. The summed E-state index contributed by atoms with van der Waals surface area (Å²) in [7, 11) is 0. The molecule has 2 aromatic carbocycles. The Morgan fingerprint density at radius 2 is 1.75 bits per heavy atom. The van der Waals surface area contributed by atoms with Gasteiger partial charge in [-0.25, -0.2) is 9.59 Å². The Balaban J connectivity index is 2.07. The summed E-state index contributed by atoms with van der Waals surface area (Å²) in [6.07, 6.45) is -7.34. The average molecular weight is 416 g/mol. The topological polar surface area (TPSA) is 92.7 Å². The Labute approximate surface area is 161 Å². The molecule has 0 spiro atoms. The van der Waals surface area contributed by atoms with Gasteiger partial charge in [-0.15, -0.1) is 0 Å². The molecule has 1 atom stereocenters. The van der Waals surface area contributed by atoms with Crippen molar-refractivity contribution in [1.82, 2.24) is 0 Å². The molecule has 2 rings (SSSR count). The second-order valence-corrected chi connectivity index (χ2v) is 5.95. The zero-order valence-corrected chi connectivity index (χ0v) is 14.8. The number of carboxylic acid groups (broad SMARTS) is 1. The molecule has 2 N–H and O–H groups in total. The van der Waals surface area contributed by atoms with Crippen LogP contribution in [0.5, 0.6) is 0 Å². The van der Waals surface area contributed by atoms with Gasteiger partial charge in [-0.3, -0.25) is 4.79 Å². The first-order chi connectivity index (χ1) is 13.1. The first-order valence-electron chi connectivity index (χ1n) is 7.73. The lowest BCUT2D eigenvalue weighted by Gasteiger charge is -2.15. The number of amides is 1. The van der Waals surface area contributed by atoms with E-state index in [1.54, 1.807) is 6.07 Å². The molecule has 0 saturated carbocycles. The molecule has 0 bridgehead atoms. The van der Waals surface area contributed by atoms with E-state index in [0.29, 0.717) is 6.07 Å². The summed E-state index contributed by atoms with van der Waals surface area (Å²) in [6.45, 7) is 0. The number of alkyl halides is 3. The van der Waals surface area contributed by atoms with E-state index < -0.39 is 47.1 Å². The number of halogens is 4. The molecule has 6 nitrogen and oxygen atoms in total. The highest BCUT2D eigenvalue weighted by Gasteiger charge is 2.33. The van der Waals surface area contributed by atoms with Gasteiger partial charge in [0.2, 0.25) is 12.0 Å². The molecule has 0 radical (unpaired) electrons. The minimum Gasteiger partial charge on any atom is -0.478 e. The monoisotopic (exact) mass is 415 g/mol. The molecule has 0 saturated heterocycles. The van der Waals surface area contributed by atoms with Gasteiger partial charge in [-0.05, 0) is 30.3 Å². The smallest absolute Gasteiger partial charge is 0.417 e. The van der Waals surface area contributed by atoms with Gasteiger partial charge in [0.1, 0.15) is 0 Å². The van der Waals surface area contributed by atoms with E-state index >= 15 is 0 Å². The maximum absolute atomic E-state index is 12.9. The predicted molar refractivity (Wildman–Crippen MR) is 93.0 cm³/mol. The molecule has 1 amide bonds. The molecule has 0 aliphatic carbocycles. The number of benzene rings is 2. The number of rotatable bonds is 6. The predicted octanol–water partition coefficient (Wildman–Crippen LogP) is 4.00. The number of carbonyl (C=O) groups is 3. The van der Waals surface area contributed by atoms with Crippen molar-refractivity contribution >= 4 is 35.1 Å². The summed E-state index contributed by atoms with van der Waals surface area (Å²) in [5.41, 5.74) is -1.31. The summed E-state index contributed by atoms with van der Waals surface area (Å²) in [5, 5.41) is 10.7. The van der Waals surface area contributed by atoms with Crippen LogP contribution in [0.25, 0.3) is 0 Å². The maximum atomic E-state index is 12.9.